The van der Waals surface area contributed by atoms with Gasteiger partial charge in [0.15, 0.2) is 11.3 Å². The van der Waals surface area contributed by atoms with Gasteiger partial charge in [0.05, 0.1) is 22.2 Å². The van der Waals surface area contributed by atoms with E-state index in [9.17, 15) is 14.9 Å². The molecule has 1 amide bonds. The highest BCUT2D eigenvalue weighted by atomic mass is 35.5. The Balaban J connectivity index is 1.69. The normalized spacial score (nSPS) is 16.5. The van der Waals surface area contributed by atoms with E-state index >= 15 is 0 Å². The highest BCUT2D eigenvalue weighted by Crippen LogP contribution is 2.35. The molecule has 132 valence electrons. The van der Waals surface area contributed by atoms with Crippen LogP contribution in [0.25, 0.3) is 5.65 Å². The standard InChI is InChI=1S/C17H14ClN5O3/c1-10-12-3-2-4-15(23(25)26)13(12)5-6-21(10)17(24)14-7-16-19-8-11(18)9-22(16)20-14/h2-4,7-10H,5-6H2,1H3. The summed E-state index contributed by atoms with van der Waals surface area (Å²) < 4.78 is 1.46. The smallest absolute Gasteiger partial charge is 0.274 e. The van der Waals surface area contributed by atoms with E-state index in [1.165, 1.54) is 16.8 Å². The molecule has 3 aromatic rings. The molecule has 3 heterocycles. The molecule has 0 bridgehead atoms. The van der Waals surface area contributed by atoms with Gasteiger partial charge >= 0.3 is 0 Å². The molecule has 0 fully saturated rings. The number of nitro groups is 1. The topological polar surface area (TPSA) is 93.6 Å². The number of hydrogen-bond donors (Lipinski definition) is 0. The largest absolute Gasteiger partial charge is 0.330 e. The van der Waals surface area contributed by atoms with Crippen LogP contribution in [0.15, 0.2) is 36.7 Å². The van der Waals surface area contributed by atoms with Crippen LogP contribution in [0.5, 0.6) is 0 Å². The Morgan fingerprint density at radius 2 is 2.23 bits per heavy atom. The molecule has 1 aromatic carbocycles. The number of nitrogens with zero attached hydrogens (tertiary/aromatic N) is 5. The van der Waals surface area contributed by atoms with Gasteiger partial charge in [-0.25, -0.2) is 9.50 Å². The second kappa shape index (κ2) is 6.06. The van der Waals surface area contributed by atoms with E-state index in [1.54, 1.807) is 23.2 Å². The first kappa shape index (κ1) is 16.5. The van der Waals surface area contributed by atoms with E-state index in [2.05, 4.69) is 10.1 Å². The zero-order valence-corrected chi connectivity index (χ0v) is 14.6. The van der Waals surface area contributed by atoms with Crippen LogP contribution >= 0.6 is 11.6 Å². The quantitative estimate of drug-likeness (QED) is 0.509. The maximum Gasteiger partial charge on any atom is 0.274 e. The molecular formula is C17H14ClN5O3. The summed E-state index contributed by atoms with van der Waals surface area (Å²) in [6.45, 7) is 2.25. The van der Waals surface area contributed by atoms with Crippen LogP contribution in [-0.4, -0.2) is 36.9 Å². The number of halogens is 1. The average molecular weight is 372 g/mol. The summed E-state index contributed by atoms with van der Waals surface area (Å²) in [6.07, 6.45) is 3.50. The van der Waals surface area contributed by atoms with Crippen molar-refractivity contribution in [1.82, 2.24) is 19.5 Å². The van der Waals surface area contributed by atoms with Crippen LogP contribution in [0.1, 0.15) is 34.6 Å². The first-order valence-corrected chi connectivity index (χ1v) is 8.41. The number of aromatic nitrogens is 3. The molecule has 0 saturated heterocycles. The summed E-state index contributed by atoms with van der Waals surface area (Å²) in [5.74, 6) is -0.240. The van der Waals surface area contributed by atoms with Crippen LogP contribution in [0.2, 0.25) is 5.02 Å². The van der Waals surface area contributed by atoms with Crippen molar-refractivity contribution in [3.05, 3.63) is 68.6 Å². The van der Waals surface area contributed by atoms with Crippen molar-refractivity contribution >= 4 is 28.8 Å². The van der Waals surface area contributed by atoms with Gasteiger partial charge in [-0.3, -0.25) is 14.9 Å². The van der Waals surface area contributed by atoms with Crippen molar-refractivity contribution in [3.63, 3.8) is 0 Å². The van der Waals surface area contributed by atoms with Gasteiger partial charge in [-0.15, -0.1) is 0 Å². The highest BCUT2D eigenvalue weighted by molar-refractivity contribution is 6.30. The van der Waals surface area contributed by atoms with E-state index in [-0.39, 0.29) is 28.3 Å². The molecule has 1 unspecified atom stereocenters. The predicted octanol–water partition coefficient (Wildman–Crippen LogP) is 3.05. The number of fused-ring (bicyclic) bond motifs is 2. The second-order valence-corrected chi connectivity index (χ2v) is 6.57. The van der Waals surface area contributed by atoms with Gasteiger partial charge in [0.2, 0.25) is 0 Å². The third kappa shape index (κ3) is 2.59. The first-order valence-electron chi connectivity index (χ1n) is 8.04. The molecule has 0 saturated carbocycles. The van der Waals surface area contributed by atoms with Crippen molar-refractivity contribution in [2.75, 3.05) is 6.54 Å². The predicted molar refractivity (Wildman–Crippen MR) is 94.2 cm³/mol. The summed E-state index contributed by atoms with van der Waals surface area (Å²) in [6, 6.07) is 6.30. The van der Waals surface area contributed by atoms with Gasteiger partial charge in [-0.2, -0.15) is 5.10 Å². The zero-order valence-electron chi connectivity index (χ0n) is 13.8. The van der Waals surface area contributed by atoms with Gasteiger partial charge < -0.3 is 4.90 Å². The molecule has 1 atom stereocenters. The maximum atomic E-state index is 12.9. The van der Waals surface area contributed by atoms with Crippen LogP contribution in [0, 0.1) is 10.1 Å². The summed E-state index contributed by atoms with van der Waals surface area (Å²) in [7, 11) is 0. The van der Waals surface area contributed by atoms with E-state index in [0.29, 0.717) is 29.2 Å². The van der Waals surface area contributed by atoms with E-state index in [0.717, 1.165) is 5.56 Å². The Labute approximate surface area is 153 Å². The van der Waals surface area contributed by atoms with Crippen molar-refractivity contribution < 1.29 is 9.72 Å². The lowest BCUT2D eigenvalue weighted by atomic mass is 9.92. The highest BCUT2D eigenvalue weighted by Gasteiger charge is 2.33. The molecule has 26 heavy (non-hydrogen) atoms. The number of nitro benzene ring substituents is 1. The zero-order chi connectivity index (χ0) is 18.4. The molecule has 0 radical (unpaired) electrons. The lowest BCUT2D eigenvalue weighted by Crippen LogP contribution is -2.39. The fourth-order valence-corrected chi connectivity index (χ4v) is 3.54. The van der Waals surface area contributed by atoms with E-state index in [4.69, 9.17) is 11.6 Å². The number of rotatable bonds is 2. The third-order valence-corrected chi connectivity index (χ3v) is 4.86. The summed E-state index contributed by atoms with van der Waals surface area (Å²) in [5.41, 5.74) is 2.38. The Kier molecular flexibility index (Phi) is 3.84. The summed E-state index contributed by atoms with van der Waals surface area (Å²) in [4.78, 5) is 29.6. The van der Waals surface area contributed by atoms with E-state index < -0.39 is 0 Å². The fraction of sp³-hybridized carbons (Fsp3) is 0.235. The lowest BCUT2D eigenvalue weighted by molar-refractivity contribution is -0.385. The molecule has 4 rings (SSSR count). The molecule has 1 aliphatic heterocycles. The van der Waals surface area contributed by atoms with Crippen LogP contribution in [0.4, 0.5) is 5.69 Å². The molecular weight excluding hydrogens is 358 g/mol. The molecule has 9 heteroatoms. The number of carbonyl (C=O) groups excluding carboxylic acids is 1. The minimum Gasteiger partial charge on any atom is -0.330 e. The molecule has 0 N–H and O–H groups in total. The maximum absolute atomic E-state index is 12.9. The first-order chi connectivity index (χ1) is 12.5. The Morgan fingerprint density at radius 3 is 3.00 bits per heavy atom. The average Bonchev–Trinajstić information content (AvgIpc) is 3.04. The molecule has 2 aromatic heterocycles. The minimum absolute atomic E-state index is 0.105. The van der Waals surface area contributed by atoms with Crippen LogP contribution < -0.4 is 0 Å². The molecule has 0 aliphatic carbocycles. The van der Waals surface area contributed by atoms with Gasteiger partial charge in [0.25, 0.3) is 11.6 Å². The Hall–Kier alpha value is -3.00. The summed E-state index contributed by atoms with van der Waals surface area (Å²) >= 11 is 5.90. The van der Waals surface area contributed by atoms with Gasteiger partial charge in [0, 0.05) is 30.4 Å². The lowest BCUT2D eigenvalue weighted by Gasteiger charge is -2.34. The third-order valence-electron chi connectivity index (χ3n) is 4.67. The Bertz CT molecular complexity index is 1050. The van der Waals surface area contributed by atoms with Crippen LogP contribution in [-0.2, 0) is 6.42 Å². The van der Waals surface area contributed by atoms with Crippen molar-refractivity contribution in [1.29, 1.82) is 0 Å². The van der Waals surface area contributed by atoms with Crippen molar-refractivity contribution in [2.45, 2.75) is 19.4 Å². The van der Waals surface area contributed by atoms with E-state index in [1.807, 2.05) is 13.0 Å². The summed E-state index contributed by atoms with van der Waals surface area (Å²) in [5, 5.41) is 15.9. The number of carbonyl (C=O) groups is 1. The SMILES string of the molecule is CC1c2cccc([N+](=O)[O-])c2CCN1C(=O)c1cc2ncc(Cl)cn2n1. The monoisotopic (exact) mass is 371 g/mol. The van der Waals surface area contributed by atoms with Crippen LogP contribution in [0.3, 0.4) is 0 Å². The van der Waals surface area contributed by atoms with Gasteiger partial charge in [-0.05, 0) is 18.9 Å². The molecule has 8 nitrogen and oxygen atoms in total. The van der Waals surface area contributed by atoms with Gasteiger partial charge in [-0.1, -0.05) is 23.7 Å². The molecule has 0 spiro atoms. The fourth-order valence-electron chi connectivity index (χ4n) is 3.40. The van der Waals surface area contributed by atoms with Gasteiger partial charge in [0.1, 0.15) is 0 Å². The minimum atomic E-state index is -0.374. The number of benzene rings is 1. The Morgan fingerprint density at radius 1 is 1.42 bits per heavy atom. The number of hydrogen-bond acceptors (Lipinski definition) is 5. The molecule has 1 aliphatic rings. The van der Waals surface area contributed by atoms with Crippen molar-refractivity contribution in [2.24, 2.45) is 0 Å². The number of amides is 1. The van der Waals surface area contributed by atoms with Crippen molar-refractivity contribution in [3.8, 4) is 0 Å². The second-order valence-electron chi connectivity index (χ2n) is 6.13.